The molecule has 0 aliphatic rings. The Balaban J connectivity index is 2.38. The maximum absolute atomic E-state index is 11.4. The fourth-order valence-electron chi connectivity index (χ4n) is 1.75. The number of carbonyl (C=O) groups is 1. The Kier molecular flexibility index (Phi) is 2.72. The Labute approximate surface area is 96.7 Å². The SMILES string of the molecule is Cn1c(=O)[nH]c2cc(CC(N)C(=O)O)ccc21. The second kappa shape index (κ2) is 4.06. The lowest BCUT2D eigenvalue weighted by molar-refractivity contribution is -0.138. The number of nitrogens with two attached hydrogens (primary N) is 1. The average molecular weight is 235 g/mol. The molecular formula is C11H13N3O3. The highest BCUT2D eigenvalue weighted by atomic mass is 16.4. The van der Waals surface area contributed by atoms with E-state index in [1.807, 2.05) is 0 Å². The van der Waals surface area contributed by atoms with Gasteiger partial charge < -0.3 is 15.8 Å². The minimum Gasteiger partial charge on any atom is -0.480 e. The average Bonchev–Trinajstić information content (AvgIpc) is 2.54. The van der Waals surface area contributed by atoms with Crippen LogP contribution >= 0.6 is 0 Å². The molecule has 2 rings (SSSR count). The molecule has 1 aromatic carbocycles. The minimum absolute atomic E-state index is 0.195. The van der Waals surface area contributed by atoms with Gasteiger partial charge in [-0.25, -0.2) is 4.79 Å². The number of aryl methyl sites for hydroxylation is 1. The number of carboxylic acids is 1. The maximum atomic E-state index is 11.4. The zero-order valence-corrected chi connectivity index (χ0v) is 9.30. The van der Waals surface area contributed by atoms with Gasteiger partial charge in [-0.2, -0.15) is 0 Å². The highest BCUT2D eigenvalue weighted by molar-refractivity contribution is 5.77. The summed E-state index contributed by atoms with van der Waals surface area (Å²) in [6.07, 6.45) is 0.238. The highest BCUT2D eigenvalue weighted by Gasteiger charge is 2.13. The van der Waals surface area contributed by atoms with E-state index in [0.717, 1.165) is 11.1 Å². The van der Waals surface area contributed by atoms with Crippen LogP contribution in [0.4, 0.5) is 0 Å². The normalized spacial score (nSPS) is 12.8. The molecule has 4 N–H and O–H groups in total. The summed E-state index contributed by atoms with van der Waals surface area (Å²) >= 11 is 0. The molecule has 90 valence electrons. The van der Waals surface area contributed by atoms with Gasteiger partial charge in [0.15, 0.2) is 0 Å². The summed E-state index contributed by atoms with van der Waals surface area (Å²) in [5.74, 6) is -1.04. The zero-order valence-electron chi connectivity index (χ0n) is 9.30. The molecule has 0 aliphatic heterocycles. The number of fused-ring (bicyclic) bond motifs is 1. The molecule has 0 bridgehead atoms. The van der Waals surface area contributed by atoms with E-state index in [2.05, 4.69) is 4.98 Å². The number of aliphatic carboxylic acids is 1. The van der Waals surface area contributed by atoms with E-state index < -0.39 is 12.0 Å². The van der Waals surface area contributed by atoms with Gasteiger partial charge in [0.05, 0.1) is 11.0 Å². The predicted octanol–water partition coefficient (Wildman–Crippen LogP) is -0.179. The molecule has 0 saturated carbocycles. The number of aromatic amines is 1. The van der Waals surface area contributed by atoms with E-state index in [1.54, 1.807) is 25.2 Å². The number of nitrogens with one attached hydrogen (secondary N) is 1. The molecule has 1 unspecified atom stereocenters. The lowest BCUT2D eigenvalue weighted by Gasteiger charge is -2.06. The number of carboxylic acid groups (broad SMARTS) is 1. The van der Waals surface area contributed by atoms with Crippen LogP contribution in [0.25, 0.3) is 11.0 Å². The molecule has 0 amide bonds. The first-order chi connectivity index (χ1) is 7.99. The molecule has 6 heteroatoms. The molecule has 1 aromatic heterocycles. The Morgan fingerprint density at radius 3 is 2.94 bits per heavy atom. The summed E-state index contributed by atoms with van der Waals surface area (Å²) in [7, 11) is 1.67. The fraction of sp³-hybridized carbons (Fsp3) is 0.273. The number of hydrogen-bond donors (Lipinski definition) is 3. The topological polar surface area (TPSA) is 101 Å². The second-order valence-corrected chi connectivity index (χ2v) is 3.99. The van der Waals surface area contributed by atoms with Gasteiger partial charge >= 0.3 is 11.7 Å². The van der Waals surface area contributed by atoms with Crippen molar-refractivity contribution < 1.29 is 9.90 Å². The van der Waals surface area contributed by atoms with Gasteiger partial charge in [0.1, 0.15) is 6.04 Å². The van der Waals surface area contributed by atoms with Crippen molar-refractivity contribution in [3.63, 3.8) is 0 Å². The first-order valence-electron chi connectivity index (χ1n) is 5.15. The van der Waals surface area contributed by atoms with Crippen molar-refractivity contribution in [3.8, 4) is 0 Å². The molecule has 0 saturated heterocycles. The van der Waals surface area contributed by atoms with E-state index in [-0.39, 0.29) is 12.1 Å². The number of aromatic nitrogens is 2. The summed E-state index contributed by atoms with van der Waals surface area (Å²) in [4.78, 5) is 24.7. The molecule has 1 heterocycles. The molecule has 0 spiro atoms. The Morgan fingerprint density at radius 1 is 1.59 bits per heavy atom. The number of hydrogen-bond acceptors (Lipinski definition) is 3. The standard InChI is InChI=1S/C11H13N3O3/c1-14-9-3-2-6(4-7(12)10(15)16)5-8(9)13-11(14)17/h2-3,5,7H,4,12H2,1H3,(H,13,17)(H,15,16). The maximum Gasteiger partial charge on any atom is 0.326 e. The van der Waals surface area contributed by atoms with Gasteiger partial charge in [-0.3, -0.25) is 9.36 Å². The molecular weight excluding hydrogens is 222 g/mol. The third-order valence-corrected chi connectivity index (χ3v) is 2.74. The molecule has 0 aliphatic carbocycles. The van der Waals surface area contributed by atoms with Crippen molar-refractivity contribution in [1.82, 2.24) is 9.55 Å². The van der Waals surface area contributed by atoms with Gasteiger partial charge in [-0.15, -0.1) is 0 Å². The van der Waals surface area contributed by atoms with Crippen LogP contribution < -0.4 is 11.4 Å². The van der Waals surface area contributed by atoms with Gasteiger partial charge in [-0.05, 0) is 24.1 Å². The number of imidazole rings is 1. The summed E-state index contributed by atoms with van der Waals surface area (Å²) in [5.41, 5.74) is 7.51. The lowest BCUT2D eigenvalue weighted by atomic mass is 10.1. The number of nitrogens with zero attached hydrogens (tertiary/aromatic N) is 1. The summed E-state index contributed by atoms with van der Waals surface area (Å²) in [6.45, 7) is 0. The summed E-state index contributed by atoms with van der Waals surface area (Å²) in [5, 5.41) is 8.72. The van der Waals surface area contributed by atoms with E-state index in [4.69, 9.17) is 10.8 Å². The van der Waals surface area contributed by atoms with Crippen LogP contribution in [-0.4, -0.2) is 26.7 Å². The summed E-state index contributed by atoms with van der Waals surface area (Å²) in [6, 6.07) is 4.37. The number of H-pyrrole nitrogens is 1. The summed E-state index contributed by atoms with van der Waals surface area (Å²) < 4.78 is 1.50. The molecule has 1 atom stereocenters. The highest BCUT2D eigenvalue weighted by Crippen LogP contribution is 2.13. The first-order valence-corrected chi connectivity index (χ1v) is 5.15. The van der Waals surface area contributed by atoms with Crippen molar-refractivity contribution in [1.29, 1.82) is 0 Å². The Hall–Kier alpha value is -2.08. The Morgan fingerprint density at radius 2 is 2.29 bits per heavy atom. The van der Waals surface area contributed by atoms with Crippen molar-refractivity contribution >= 4 is 17.0 Å². The van der Waals surface area contributed by atoms with Crippen molar-refractivity contribution in [2.75, 3.05) is 0 Å². The third kappa shape index (κ3) is 2.07. The van der Waals surface area contributed by atoms with Crippen LogP contribution in [0.5, 0.6) is 0 Å². The fourth-order valence-corrected chi connectivity index (χ4v) is 1.75. The number of rotatable bonds is 3. The molecule has 6 nitrogen and oxygen atoms in total. The largest absolute Gasteiger partial charge is 0.480 e. The smallest absolute Gasteiger partial charge is 0.326 e. The zero-order chi connectivity index (χ0) is 12.6. The molecule has 0 fully saturated rings. The van der Waals surface area contributed by atoms with Gasteiger partial charge in [0.25, 0.3) is 0 Å². The van der Waals surface area contributed by atoms with E-state index in [0.29, 0.717) is 5.52 Å². The Bertz CT molecular complexity index is 626. The van der Waals surface area contributed by atoms with Crippen LogP contribution in [0.2, 0.25) is 0 Å². The molecule has 0 radical (unpaired) electrons. The second-order valence-electron chi connectivity index (χ2n) is 3.99. The molecule has 17 heavy (non-hydrogen) atoms. The van der Waals surface area contributed by atoms with Gasteiger partial charge in [0.2, 0.25) is 0 Å². The van der Waals surface area contributed by atoms with E-state index in [9.17, 15) is 9.59 Å². The number of benzene rings is 1. The van der Waals surface area contributed by atoms with Crippen molar-refractivity contribution in [3.05, 3.63) is 34.2 Å². The van der Waals surface area contributed by atoms with Crippen molar-refractivity contribution in [2.24, 2.45) is 12.8 Å². The van der Waals surface area contributed by atoms with Crippen LogP contribution in [0.3, 0.4) is 0 Å². The monoisotopic (exact) mass is 235 g/mol. The first kappa shape index (κ1) is 11.4. The predicted molar refractivity (Wildman–Crippen MR) is 62.9 cm³/mol. The van der Waals surface area contributed by atoms with Crippen LogP contribution in [0.1, 0.15) is 5.56 Å². The quantitative estimate of drug-likeness (QED) is 0.687. The van der Waals surface area contributed by atoms with Crippen LogP contribution in [-0.2, 0) is 18.3 Å². The molecule has 2 aromatic rings. The minimum atomic E-state index is -1.04. The van der Waals surface area contributed by atoms with Crippen LogP contribution in [0.15, 0.2) is 23.0 Å². The third-order valence-electron chi connectivity index (χ3n) is 2.74. The lowest BCUT2D eigenvalue weighted by Crippen LogP contribution is -2.32. The van der Waals surface area contributed by atoms with E-state index in [1.165, 1.54) is 4.57 Å². The van der Waals surface area contributed by atoms with Gasteiger partial charge in [0, 0.05) is 7.05 Å². The van der Waals surface area contributed by atoms with Gasteiger partial charge in [-0.1, -0.05) is 6.07 Å². The van der Waals surface area contributed by atoms with Crippen LogP contribution in [0, 0.1) is 0 Å². The van der Waals surface area contributed by atoms with Crippen molar-refractivity contribution in [2.45, 2.75) is 12.5 Å². The van der Waals surface area contributed by atoms with E-state index >= 15 is 0 Å².